The Hall–Kier alpha value is -0.370. The number of ketones is 1. The summed E-state index contributed by atoms with van der Waals surface area (Å²) in [6, 6.07) is 0. The topological polar surface area (TPSA) is 37.3 Å². The highest BCUT2D eigenvalue weighted by molar-refractivity contribution is 5.79. The van der Waals surface area contributed by atoms with Crippen LogP contribution in [0.3, 0.4) is 0 Å². The lowest BCUT2D eigenvalue weighted by Crippen LogP contribution is -2.54. The van der Waals surface area contributed by atoms with E-state index in [1.54, 1.807) is 0 Å². The molecule has 4 fully saturated rings. The van der Waals surface area contributed by atoms with Gasteiger partial charge in [0.15, 0.2) is 0 Å². The molecule has 2 heteroatoms. The van der Waals surface area contributed by atoms with Gasteiger partial charge in [-0.25, -0.2) is 0 Å². The summed E-state index contributed by atoms with van der Waals surface area (Å²) in [7, 11) is 0. The van der Waals surface area contributed by atoms with Gasteiger partial charge in [-0.05, 0) is 79.4 Å². The van der Waals surface area contributed by atoms with Crippen molar-refractivity contribution in [2.24, 2.45) is 34.5 Å². The van der Waals surface area contributed by atoms with Crippen LogP contribution in [0.25, 0.3) is 0 Å². The molecule has 0 spiro atoms. The summed E-state index contributed by atoms with van der Waals surface area (Å²) in [6.07, 6.45) is 10.0. The third kappa shape index (κ3) is 1.84. The molecule has 1 N–H and O–H groups in total. The fraction of sp³-hybridized carbons (Fsp3) is 0.947. The number of carbonyl (C=O) groups is 1. The number of aliphatic hydroxyl groups is 1. The number of Topliss-reactive ketones (excluding diaryl/α,β-unsaturated/α-hetero) is 1. The minimum absolute atomic E-state index is 0.0677. The molecule has 0 aromatic rings. The van der Waals surface area contributed by atoms with Gasteiger partial charge in [0.05, 0.1) is 6.10 Å². The van der Waals surface area contributed by atoms with Crippen LogP contribution in [-0.2, 0) is 4.79 Å². The van der Waals surface area contributed by atoms with Gasteiger partial charge >= 0.3 is 0 Å². The molecule has 0 radical (unpaired) electrons. The molecule has 0 bridgehead atoms. The second-order valence-electron chi connectivity index (χ2n) is 9.04. The molecule has 2 nitrogen and oxygen atoms in total. The predicted molar refractivity (Wildman–Crippen MR) is 82.7 cm³/mol. The monoisotopic (exact) mass is 290 g/mol. The van der Waals surface area contributed by atoms with Crippen molar-refractivity contribution in [1.29, 1.82) is 0 Å². The summed E-state index contributed by atoms with van der Waals surface area (Å²) in [6.45, 7) is 4.85. The van der Waals surface area contributed by atoms with Crippen molar-refractivity contribution < 1.29 is 9.90 Å². The number of fused-ring (bicyclic) bond motifs is 5. The number of hydrogen-bond acceptors (Lipinski definition) is 2. The Kier molecular flexibility index (Phi) is 3.10. The maximum atomic E-state index is 11.9. The SMILES string of the molecule is C[C@]12CC[C@@H]3[C@@H](CC[C@@H]4CC(=O)CC[C@]43C)[C@H]1CC[C@@H]2O. The minimum Gasteiger partial charge on any atom is -0.393 e. The van der Waals surface area contributed by atoms with Crippen LogP contribution >= 0.6 is 0 Å². The standard InChI is InChI=1S/C19H30O2/c1-18-9-7-13(20)11-12(18)3-4-14-15-5-6-17(21)19(15,2)10-8-16(14)18/h12,14-17,21H,3-11H2,1-2H3/t12-,14+,15-,16-,17+,18-,19+/m1/s1. The Morgan fingerprint density at radius 3 is 2.52 bits per heavy atom. The number of carbonyl (C=O) groups excluding carboxylic acids is 1. The van der Waals surface area contributed by atoms with Crippen molar-refractivity contribution in [3.63, 3.8) is 0 Å². The summed E-state index contributed by atoms with van der Waals surface area (Å²) >= 11 is 0. The number of rotatable bonds is 0. The molecular formula is C19H30O2. The molecule has 0 aromatic carbocycles. The van der Waals surface area contributed by atoms with Crippen LogP contribution in [0, 0.1) is 34.5 Å². The molecule has 0 unspecified atom stereocenters. The van der Waals surface area contributed by atoms with Crippen LogP contribution in [0.4, 0.5) is 0 Å². The number of aliphatic hydroxyl groups excluding tert-OH is 1. The van der Waals surface area contributed by atoms with Gasteiger partial charge in [0, 0.05) is 12.8 Å². The largest absolute Gasteiger partial charge is 0.393 e. The summed E-state index contributed by atoms with van der Waals surface area (Å²) in [4.78, 5) is 11.9. The molecule has 0 saturated heterocycles. The predicted octanol–water partition coefficient (Wildman–Crippen LogP) is 3.96. The first-order valence-electron chi connectivity index (χ1n) is 9.15. The van der Waals surface area contributed by atoms with Crippen molar-refractivity contribution in [2.45, 2.75) is 77.7 Å². The quantitative estimate of drug-likeness (QED) is 0.733. The van der Waals surface area contributed by atoms with Crippen LogP contribution in [0.1, 0.15) is 71.6 Å². The average Bonchev–Trinajstić information content (AvgIpc) is 2.76. The second kappa shape index (κ2) is 4.57. The maximum absolute atomic E-state index is 11.9. The Morgan fingerprint density at radius 1 is 0.952 bits per heavy atom. The van der Waals surface area contributed by atoms with Crippen molar-refractivity contribution in [3.05, 3.63) is 0 Å². The Balaban J connectivity index is 1.64. The zero-order valence-electron chi connectivity index (χ0n) is 13.6. The van der Waals surface area contributed by atoms with Crippen molar-refractivity contribution in [3.8, 4) is 0 Å². The normalized spacial score (nSPS) is 56.5. The molecule has 4 saturated carbocycles. The van der Waals surface area contributed by atoms with Gasteiger partial charge in [-0.2, -0.15) is 0 Å². The highest BCUT2D eigenvalue weighted by Crippen LogP contribution is 2.65. The molecule has 118 valence electrons. The third-order valence-electron chi connectivity index (χ3n) is 8.43. The smallest absolute Gasteiger partial charge is 0.133 e. The molecule has 0 aliphatic heterocycles. The zero-order valence-corrected chi connectivity index (χ0v) is 13.6. The first-order chi connectivity index (χ1) is 9.95. The van der Waals surface area contributed by atoms with E-state index in [0.717, 1.165) is 43.4 Å². The summed E-state index contributed by atoms with van der Waals surface area (Å²) < 4.78 is 0. The van der Waals surface area contributed by atoms with Gasteiger partial charge in [0.2, 0.25) is 0 Å². The summed E-state index contributed by atoms with van der Waals surface area (Å²) in [5.41, 5.74) is 0.598. The van der Waals surface area contributed by atoms with Crippen LogP contribution in [0.15, 0.2) is 0 Å². The van der Waals surface area contributed by atoms with E-state index in [4.69, 9.17) is 0 Å². The molecule has 7 atom stereocenters. The Bertz CT molecular complexity index is 458. The Morgan fingerprint density at radius 2 is 1.71 bits per heavy atom. The van der Waals surface area contributed by atoms with E-state index in [1.807, 2.05) is 0 Å². The zero-order chi connectivity index (χ0) is 14.8. The Labute approximate surface area is 128 Å². The van der Waals surface area contributed by atoms with Gasteiger partial charge in [0.1, 0.15) is 5.78 Å². The number of hydrogen-bond donors (Lipinski definition) is 1. The first kappa shape index (κ1) is 14.2. The van der Waals surface area contributed by atoms with Gasteiger partial charge in [-0.3, -0.25) is 4.79 Å². The fourth-order valence-corrected chi connectivity index (χ4v) is 7.02. The first-order valence-corrected chi connectivity index (χ1v) is 9.15. The van der Waals surface area contributed by atoms with Crippen LogP contribution in [0.5, 0.6) is 0 Å². The fourth-order valence-electron chi connectivity index (χ4n) is 7.02. The molecule has 0 aromatic heterocycles. The average molecular weight is 290 g/mol. The summed E-state index contributed by atoms with van der Waals surface area (Å²) in [5, 5.41) is 10.5. The second-order valence-corrected chi connectivity index (χ2v) is 9.04. The molecule has 4 aliphatic rings. The lowest BCUT2D eigenvalue weighted by Gasteiger charge is -2.60. The van der Waals surface area contributed by atoms with E-state index >= 15 is 0 Å². The van der Waals surface area contributed by atoms with E-state index in [9.17, 15) is 9.90 Å². The molecule has 4 aliphatic carbocycles. The van der Waals surface area contributed by atoms with Crippen molar-refractivity contribution in [2.75, 3.05) is 0 Å². The van der Waals surface area contributed by atoms with Crippen LogP contribution in [-0.4, -0.2) is 17.0 Å². The van der Waals surface area contributed by atoms with Crippen LogP contribution < -0.4 is 0 Å². The van der Waals surface area contributed by atoms with E-state index in [1.165, 1.54) is 32.1 Å². The lowest BCUT2D eigenvalue weighted by molar-refractivity contribution is -0.141. The molecular weight excluding hydrogens is 260 g/mol. The van der Waals surface area contributed by atoms with E-state index < -0.39 is 0 Å². The van der Waals surface area contributed by atoms with Crippen molar-refractivity contribution >= 4 is 5.78 Å². The van der Waals surface area contributed by atoms with E-state index in [2.05, 4.69) is 13.8 Å². The van der Waals surface area contributed by atoms with Gasteiger partial charge in [-0.15, -0.1) is 0 Å². The van der Waals surface area contributed by atoms with Crippen molar-refractivity contribution in [1.82, 2.24) is 0 Å². The molecule has 21 heavy (non-hydrogen) atoms. The maximum Gasteiger partial charge on any atom is 0.133 e. The molecule has 4 rings (SSSR count). The third-order valence-corrected chi connectivity index (χ3v) is 8.43. The minimum atomic E-state index is -0.0677. The van der Waals surface area contributed by atoms with Gasteiger partial charge in [-0.1, -0.05) is 13.8 Å². The molecule has 0 amide bonds. The highest BCUT2D eigenvalue weighted by Gasteiger charge is 2.59. The lowest BCUT2D eigenvalue weighted by atomic mass is 9.45. The van der Waals surface area contributed by atoms with Gasteiger partial charge in [0.25, 0.3) is 0 Å². The van der Waals surface area contributed by atoms with E-state index in [0.29, 0.717) is 17.1 Å². The molecule has 0 heterocycles. The van der Waals surface area contributed by atoms with E-state index in [-0.39, 0.29) is 11.5 Å². The van der Waals surface area contributed by atoms with Gasteiger partial charge < -0.3 is 5.11 Å². The summed E-state index contributed by atoms with van der Waals surface area (Å²) in [5.74, 6) is 3.52. The highest BCUT2D eigenvalue weighted by atomic mass is 16.3. The van der Waals surface area contributed by atoms with Crippen LogP contribution in [0.2, 0.25) is 0 Å².